The minimum absolute atomic E-state index is 0.0124. The highest BCUT2D eigenvalue weighted by molar-refractivity contribution is 5.94. The second-order valence-corrected chi connectivity index (χ2v) is 7.28. The van der Waals surface area contributed by atoms with Gasteiger partial charge < -0.3 is 42.1 Å². The number of phenolic OH excluding ortho intramolecular Hbond substituents is 1. The predicted octanol–water partition coefficient (Wildman–Crippen LogP) is -2.32. The van der Waals surface area contributed by atoms with Gasteiger partial charge in [-0.2, -0.15) is 0 Å². The van der Waals surface area contributed by atoms with Crippen LogP contribution in [0.2, 0.25) is 0 Å². The first-order valence-corrected chi connectivity index (χ1v) is 9.94. The predicted molar refractivity (Wildman–Crippen MR) is 113 cm³/mol. The number of nitrogens with one attached hydrogen (secondary N) is 3. The molecule has 0 radical (unpaired) electrons. The van der Waals surface area contributed by atoms with Gasteiger partial charge in [0.25, 0.3) is 0 Å². The van der Waals surface area contributed by atoms with Crippen LogP contribution >= 0.6 is 0 Å². The van der Waals surface area contributed by atoms with Crippen LogP contribution in [0.25, 0.3) is 0 Å². The number of carboxylic acids is 2. The number of hydrogen-bond donors (Lipinski definition) is 8. The Labute approximate surface area is 189 Å². The highest BCUT2D eigenvalue weighted by Crippen LogP contribution is 2.12. The Morgan fingerprint density at radius 1 is 0.909 bits per heavy atom. The lowest BCUT2D eigenvalue weighted by molar-refractivity contribution is -0.143. The van der Waals surface area contributed by atoms with Crippen LogP contribution in [0, 0.1) is 0 Å². The third kappa shape index (κ3) is 9.53. The fourth-order valence-electron chi connectivity index (χ4n) is 2.63. The third-order valence-corrected chi connectivity index (χ3v) is 4.56. The fraction of sp³-hybridized carbons (Fsp3) is 0.450. The Kier molecular flexibility index (Phi) is 10.7. The topological polar surface area (TPSA) is 228 Å². The lowest BCUT2D eigenvalue weighted by Crippen LogP contribution is -2.57. The lowest BCUT2D eigenvalue weighted by Gasteiger charge is -2.23. The number of amides is 3. The average Bonchev–Trinajstić information content (AvgIpc) is 2.75. The first-order chi connectivity index (χ1) is 15.4. The number of aliphatic carboxylic acids is 2. The Balaban J connectivity index is 2.92. The Hall–Kier alpha value is -3.71. The number of nitrogens with two attached hydrogens (primary N) is 1. The van der Waals surface area contributed by atoms with Crippen LogP contribution < -0.4 is 21.7 Å². The second-order valence-electron chi connectivity index (χ2n) is 7.28. The van der Waals surface area contributed by atoms with Gasteiger partial charge in [0, 0.05) is 12.8 Å². The number of aromatic hydroxyl groups is 1. The SMILES string of the molecule is CC(NC(=O)C(Cc1ccc(O)cc1)NC(=O)C(N)CCC(=O)O)C(=O)NC(CO)C(=O)O. The molecule has 13 heteroatoms. The summed E-state index contributed by atoms with van der Waals surface area (Å²) in [5, 5.41) is 42.9. The van der Waals surface area contributed by atoms with Crippen LogP contribution in [0.3, 0.4) is 0 Å². The van der Waals surface area contributed by atoms with Crippen LogP contribution in [-0.4, -0.2) is 80.9 Å². The number of carboxylic acid groups (broad SMARTS) is 2. The van der Waals surface area contributed by atoms with E-state index in [4.69, 9.17) is 21.1 Å². The molecule has 0 aliphatic carbocycles. The highest BCUT2D eigenvalue weighted by atomic mass is 16.4. The largest absolute Gasteiger partial charge is 0.508 e. The molecule has 0 aliphatic heterocycles. The van der Waals surface area contributed by atoms with Crippen molar-refractivity contribution in [2.45, 2.75) is 50.4 Å². The molecule has 3 amide bonds. The van der Waals surface area contributed by atoms with E-state index in [0.717, 1.165) is 0 Å². The van der Waals surface area contributed by atoms with Crippen LogP contribution in [0.1, 0.15) is 25.3 Å². The van der Waals surface area contributed by atoms with E-state index >= 15 is 0 Å². The molecule has 0 aromatic heterocycles. The molecule has 0 heterocycles. The summed E-state index contributed by atoms with van der Waals surface area (Å²) in [6, 6.07) is 0.590. The van der Waals surface area contributed by atoms with Gasteiger partial charge in [0.2, 0.25) is 17.7 Å². The third-order valence-electron chi connectivity index (χ3n) is 4.56. The van der Waals surface area contributed by atoms with E-state index < -0.39 is 60.4 Å². The van der Waals surface area contributed by atoms with Gasteiger partial charge in [-0.25, -0.2) is 4.79 Å². The Morgan fingerprint density at radius 2 is 1.48 bits per heavy atom. The summed E-state index contributed by atoms with van der Waals surface area (Å²) in [7, 11) is 0. The number of benzene rings is 1. The molecule has 1 aromatic rings. The van der Waals surface area contributed by atoms with Crippen molar-refractivity contribution in [3.05, 3.63) is 29.8 Å². The molecule has 0 aliphatic rings. The second kappa shape index (κ2) is 13.0. The molecule has 1 aromatic carbocycles. The van der Waals surface area contributed by atoms with Gasteiger partial charge in [0.15, 0.2) is 0 Å². The highest BCUT2D eigenvalue weighted by Gasteiger charge is 2.28. The summed E-state index contributed by atoms with van der Waals surface area (Å²) in [4.78, 5) is 59.0. The van der Waals surface area contributed by atoms with Crippen molar-refractivity contribution < 1.29 is 44.4 Å². The summed E-state index contributed by atoms with van der Waals surface area (Å²) in [5.41, 5.74) is 6.24. The summed E-state index contributed by atoms with van der Waals surface area (Å²) in [6.45, 7) is 0.428. The zero-order valence-electron chi connectivity index (χ0n) is 17.9. The van der Waals surface area contributed by atoms with Gasteiger partial charge in [0.1, 0.15) is 23.9 Å². The molecular weight excluding hydrogens is 440 g/mol. The van der Waals surface area contributed by atoms with Crippen molar-refractivity contribution >= 4 is 29.7 Å². The van der Waals surface area contributed by atoms with Crippen LogP contribution in [0.15, 0.2) is 24.3 Å². The zero-order chi connectivity index (χ0) is 25.1. The van der Waals surface area contributed by atoms with Crippen molar-refractivity contribution in [3.63, 3.8) is 0 Å². The van der Waals surface area contributed by atoms with Crippen molar-refractivity contribution in [3.8, 4) is 5.75 Å². The standard InChI is InChI=1S/C20H28N4O9/c1-10(17(29)24-15(9-25)20(32)33)22-19(31)14(8-11-2-4-12(26)5-3-11)23-18(30)13(21)6-7-16(27)28/h2-5,10,13-15,25-26H,6-9,21H2,1H3,(H,22,31)(H,23,30)(H,24,29)(H,27,28)(H,32,33). The molecule has 9 N–H and O–H groups in total. The monoisotopic (exact) mass is 468 g/mol. The van der Waals surface area contributed by atoms with Crippen molar-refractivity contribution in [2.75, 3.05) is 6.61 Å². The molecule has 0 bridgehead atoms. The van der Waals surface area contributed by atoms with Crippen molar-refractivity contribution in [1.82, 2.24) is 16.0 Å². The van der Waals surface area contributed by atoms with E-state index in [1.807, 2.05) is 0 Å². The van der Waals surface area contributed by atoms with Gasteiger partial charge in [-0.3, -0.25) is 19.2 Å². The number of carbonyl (C=O) groups is 5. The average molecular weight is 468 g/mol. The lowest BCUT2D eigenvalue weighted by atomic mass is 10.0. The minimum Gasteiger partial charge on any atom is -0.508 e. The molecule has 13 nitrogen and oxygen atoms in total. The zero-order valence-corrected chi connectivity index (χ0v) is 17.9. The first-order valence-electron chi connectivity index (χ1n) is 9.94. The van der Waals surface area contributed by atoms with E-state index in [1.165, 1.54) is 31.2 Å². The van der Waals surface area contributed by atoms with E-state index in [2.05, 4.69) is 16.0 Å². The van der Waals surface area contributed by atoms with E-state index in [0.29, 0.717) is 5.56 Å². The summed E-state index contributed by atoms with van der Waals surface area (Å²) in [6.07, 6.45) is -0.562. The number of phenols is 1. The van der Waals surface area contributed by atoms with E-state index in [1.54, 1.807) is 0 Å². The minimum atomic E-state index is -1.56. The maximum absolute atomic E-state index is 12.8. The van der Waals surface area contributed by atoms with E-state index in [-0.39, 0.29) is 25.0 Å². The maximum atomic E-state index is 12.8. The molecule has 182 valence electrons. The van der Waals surface area contributed by atoms with Crippen molar-refractivity contribution in [2.24, 2.45) is 5.73 Å². The number of aliphatic hydroxyl groups excluding tert-OH is 1. The number of aliphatic hydroxyl groups is 1. The smallest absolute Gasteiger partial charge is 0.328 e. The maximum Gasteiger partial charge on any atom is 0.328 e. The molecule has 0 spiro atoms. The Bertz CT molecular complexity index is 860. The fourth-order valence-corrected chi connectivity index (χ4v) is 2.63. The molecule has 0 fully saturated rings. The van der Waals surface area contributed by atoms with Crippen LogP contribution in [-0.2, 0) is 30.4 Å². The molecule has 4 unspecified atom stereocenters. The van der Waals surface area contributed by atoms with Crippen molar-refractivity contribution in [1.29, 1.82) is 0 Å². The van der Waals surface area contributed by atoms with E-state index in [9.17, 15) is 29.1 Å². The number of hydrogen-bond acceptors (Lipinski definition) is 8. The molecule has 1 rings (SSSR count). The van der Waals surface area contributed by atoms with Gasteiger partial charge >= 0.3 is 11.9 Å². The van der Waals surface area contributed by atoms with Gasteiger partial charge in [0.05, 0.1) is 12.6 Å². The van der Waals surface area contributed by atoms with Gasteiger partial charge in [-0.05, 0) is 31.0 Å². The number of rotatable bonds is 13. The molecule has 0 saturated heterocycles. The normalized spacial score (nSPS) is 14.3. The molecule has 0 saturated carbocycles. The van der Waals surface area contributed by atoms with Gasteiger partial charge in [-0.15, -0.1) is 0 Å². The first kappa shape index (κ1) is 27.3. The summed E-state index contributed by atoms with van der Waals surface area (Å²) >= 11 is 0. The van der Waals surface area contributed by atoms with Gasteiger partial charge in [-0.1, -0.05) is 12.1 Å². The summed E-state index contributed by atoms with van der Waals surface area (Å²) < 4.78 is 0. The molecule has 33 heavy (non-hydrogen) atoms. The number of carbonyl (C=O) groups excluding carboxylic acids is 3. The molecule has 4 atom stereocenters. The van der Waals surface area contributed by atoms with Crippen LogP contribution in [0.5, 0.6) is 5.75 Å². The Morgan fingerprint density at radius 3 is 2.00 bits per heavy atom. The quantitative estimate of drug-likeness (QED) is 0.154. The molecular formula is C20H28N4O9. The van der Waals surface area contributed by atoms with Crippen LogP contribution in [0.4, 0.5) is 0 Å². The summed E-state index contributed by atoms with van der Waals surface area (Å²) in [5.74, 6) is -5.06.